The summed E-state index contributed by atoms with van der Waals surface area (Å²) in [5.41, 5.74) is 6.63. The molecule has 3 N–H and O–H groups in total. The van der Waals surface area contributed by atoms with Gasteiger partial charge in [0, 0.05) is 17.5 Å². The predicted molar refractivity (Wildman–Crippen MR) is 64.2 cm³/mol. The number of carbonyl (C=O) groups excluding carboxylic acids is 1. The van der Waals surface area contributed by atoms with Crippen molar-refractivity contribution in [2.45, 2.75) is 19.8 Å². The van der Waals surface area contributed by atoms with Crippen LogP contribution in [0.25, 0.3) is 0 Å². The van der Waals surface area contributed by atoms with E-state index in [0.29, 0.717) is 24.2 Å². The summed E-state index contributed by atoms with van der Waals surface area (Å²) in [7, 11) is 0. The lowest BCUT2D eigenvalue weighted by molar-refractivity contribution is 0.0945. The fourth-order valence-corrected chi connectivity index (χ4v) is 1.73. The van der Waals surface area contributed by atoms with Gasteiger partial charge >= 0.3 is 0 Å². The Labute approximate surface area is 100 Å². The van der Waals surface area contributed by atoms with E-state index in [1.54, 1.807) is 19.1 Å². The van der Waals surface area contributed by atoms with E-state index in [2.05, 4.69) is 5.32 Å². The Bertz CT molecular complexity index is 441. The SMILES string of the molecule is Cc1ccc(C(=O)NCC2(CN)CC2)cc1F. The lowest BCUT2D eigenvalue weighted by Gasteiger charge is -2.13. The van der Waals surface area contributed by atoms with Crippen molar-refractivity contribution in [1.29, 1.82) is 0 Å². The molecule has 1 aliphatic carbocycles. The molecule has 1 saturated carbocycles. The zero-order valence-corrected chi connectivity index (χ0v) is 9.92. The second-order valence-electron chi connectivity index (χ2n) is 4.85. The molecule has 0 atom stereocenters. The number of halogens is 1. The molecule has 3 nitrogen and oxygen atoms in total. The van der Waals surface area contributed by atoms with Gasteiger partial charge in [-0.1, -0.05) is 6.07 Å². The average molecular weight is 236 g/mol. The van der Waals surface area contributed by atoms with Crippen LogP contribution < -0.4 is 11.1 Å². The fourth-order valence-electron chi connectivity index (χ4n) is 1.73. The van der Waals surface area contributed by atoms with Gasteiger partial charge in [-0.2, -0.15) is 0 Å². The van der Waals surface area contributed by atoms with Crippen LogP contribution in [0.1, 0.15) is 28.8 Å². The number of nitrogens with two attached hydrogens (primary N) is 1. The number of rotatable bonds is 4. The standard InChI is InChI=1S/C13H17FN2O/c1-9-2-3-10(6-11(9)14)12(17)16-8-13(7-15)4-5-13/h2-3,6H,4-5,7-8,15H2,1H3,(H,16,17). The van der Waals surface area contributed by atoms with Crippen LogP contribution in [0.2, 0.25) is 0 Å². The quantitative estimate of drug-likeness (QED) is 0.834. The average Bonchev–Trinajstić information content (AvgIpc) is 3.10. The Morgan fingerprint density at radius 3 is 2.76 bits per heavy atom. The van der Waals surface area contributed by atoms with Gasteiger partial charge in [0.15, 0.2) is 0 Å². The Hall–Kier alpha value is -1.42. The van der Waals surface area contributed by atoms with Gasteiger partial charge < -0.3 is 11.1 Å². The van der Waals surface area contributed by atoms with Crippen LogP contribution in [0.4, 0.5) is 4.39 Å². The van der Waals surface area contributed by atoms with Crippen molar-refractivity contribution in [2.75, 3.05) is 13.1 Å². The normalized spacial score (nSPS) is 16.6. The minimum absolute atomic E-state index is 0.0961. The monoisotopic (exact) mass is 236 g/mol. The van der Waals surface area contributed by atoms with Gasteiger partial charge in [0.25, 0.3) is 5.91 Å². The first-order valence-corrected chi connectivity index (χ1v) is 5.81. The first-order valence-electron chi connectivity index (χ1n) is 5.81. The summed E-state index contributed by atoms with van der Waals surface area (Å²) in [6, 6.07) is 4.52. The van der Waals surface area contributed by atoms with Crippen LogP contribution >= 0.6 is 0 Å². The second kappa shape index (κ2) is 4.45. The Kier molecular flexibility index (Phi) is 3.15. The van der Waals surface area contributed by atoms with Gasteiger partial charge in [0.1, 0.15) is 5.82 Å². The predicted octanol–water partition coefficient (Wildman–Crippen LogP) is 1.60. The molecular weight excluding hydrogens is 219 g/mol. The molecule has 1 aromatic carbocycles. The number of aryl methyl sites for hydroxylation is 1. The molecule has 0 saturated heterocycles. The number of benzene rings is 1. The molecule has 1 fully saturated rings. The summed E-state index contributed by atoms with van der Waals surface area (Å²) in [4.78, 5) is 11.8. The van der Waals surface area contributed by atoms with Crippen LogP contribution in [0.3, 0.4) is 0 Å². The summed E-state index contributed by atoms with van der Waals surface area (Å²) in [5, 5.41) is 2.81. The minimum Gasteiger partial charge on any atom is -0.351 e. The summed E-state index contributed by atoms with van der Waals surface area (Å²) in [6.45, 7) is 2.85. The third-order valence-corrected chi connectivity index (χ3v) is 3.45. The topological polar surface area (TPSA) is 55.1 Å². The number of nitrogens with one attached hydrogen (secondary N) is 1. The van der Waals surface area contributed by atoms with Gasteiger partial charge in [-0.05, 0) is 44.0 Å². The smallest absolute Gasteiger partial charge is 0.251 e. The van der Waals surface area contributed by atoms with Gasteiger partial charge in [-0.25, -0.2) is 4.39 Å². The number of hydrogen-bond donors (Lipinski definition) is 2. The molecule has 1 amide bonds. The maximum atomic E-state index is 13.3. The number of carbonyl (C=O) groups is 1. The number of hydrogen-bond acceptors (Lipinski definition) is 2. The molecule has 0 spiro atoms. The highest BCUT2D eigenvalue weighted by atomic mass is 19.1. The summed E-state index contributed by atoms with van der Waals surface area (Å²) in [6.07, 6.45) is 2.12. The molecule has 0 aromatic heterocycles. The van der Waals surface area contributed by atoms with E-state index in [1.165, 1.54) is 6.07 Å². The van der Waals surface area contributed by atoms with Gasteiger partial charge in [-0.15, -0.1) is 0 Å². The molecule has 0 heterocycles. The van der Waals surface area contributed by atoms with Crippen molar-refractivity contribution in [3.05, 3.63) is 35.1 Å². The molecule has 0 aliphatic heterocycles. The zero-order valence-electron chi connectivity index (χ0n) is 9.92. The maximum absolute atomic E-state index is 13.3. The highest BCUT2D eigenvalue weighted by Gasteiger charge is 2.41. The largest absolute Gasteiger partial charge is 0.351 e. The van der Waals surface area contributed by atoms with E-state index in [-0.39, 0.29) is 17.1 Å². The molecule has 92 valence electrons. The summed E-state index contributed by atoms with van der Waals surface area (Å²) in [5.74, 6) is -0.582. The third-order valence-electron chi connectivity index (χ3n) is 3.45. The van der Waals surface area contributed by atoms with Crippen molar-refractivity contribution >= 4 is 5.91 Å². The van der Waals surface area contributed by atoms with Crippen molar-refractivity contribution in [3.8, 4) is 0 Å². The molecule has 17 heavy (non-hydrogen) atoms. The van der Waals surface area contributed by atoms with E-state index >= 15 is 0 Å². The van der Waals surface area contributed by atoms with Crippen LogP contribution in [0.5, 0.6) is 0 Å². The van der Waals surface area contributed by atoms with Crippen LogP contribution in [0, 0.1) is 18.2 Å². The minimum atomic E-state index is -0.349. The first kappa shape index (κ1) is 12.0. The number of amides is 1. The molecule has 1 aliphatic rings. The van der Waals surface area contributed by atoms with Crippen molar-refractivity contribution in [2.24, 2.45) is 11.1 Å². The second-order valence-corrected chi connectivity index (χ2v) is 4.85. The highest BCUT2D eigenvalue weighted by Crippen LogP contribution is 2.43. The summed E-state index contributed by atoms with van der Waals surface area (Å²) < 4.78 is 13.3. The van der Waals surface area contributed by atoms with E-state index in [1.807, 2.05) is 0 Å². The molecule has 0 unspecified atom stereocenters. The van der Waals surface area contributed by atoms with E-state index in [0.717, 1.165) is 12.8 Å². The molecular formula is C13H17FN2O. The Morgan fingerprint density at radius 2 is 2.24 bits per heavy atom. The molecule has 0 radical (unpaired) electrons. The van der Waals surface area contributed by atoms with E-state index in [9.17, 15) is 9.18 Å². The van der Waals surface area contributed by atoms with Crippen LogP contribution in [-0.4, -0.2) is 19.0 Å². The molecule has 2 rings (SSSR count). The molecule has 0 bridgehead atoms. The summed E-state index contributed by atoms with van der Waals surface area (Å²) >= 11 is 0. The Morgan fingerprint density at radius 1 is 1.53 bits per heavy atom. The van der Waals surface area contributed by atoms with Crippen LogP contribution in [-0.2, 0) is 0 Å². The van der Waals surface area contributed by atoms with Crippen molar-refractivity contribution < 1.29 is 9.18 Å². The molecule has 1 aromatic rings. The first-order chi connectivity index (χ1) is 8.06. The van der Waals surface area contributed by atoms with Crippen molar-refractivity contribution in [1.82, 2.24) is 5.32 Å². The lowest BCUT2D eigenvalue weighted by atomic mass is 10.1. The zero-order chi connectivity index (χ0) is 12.5. The van der Waals surface area contributed by atoms with Crippen LogP contribution in [0.15, 0.2) is 18.2 Å². The molecule has 4 heteroatoms. The highest BCUT2D eigenvalue weighted by molar-refractivity contribution is 5.94. The maximum Gasteiger partial charge on any atom is 0.251 e. The van der Waals surface area contributed by atoms with Crippen molar-refractivity contribution in [3.63, 3.8) is 0 Å². The van der Waals surface area contributed by atoms with E-state index in [4.69, 9.17) is 5.73 Å². The fraction of sp³-hybridized carbons (Fsp3) is 0.462. The van der Waals surface area contributed by atoms with Gasteiger partial charge in [-0.3, -0.25) is 4.79 Å². The van der Waals surface area contributed by atoms with E-state index < -0.39 is 0 Å². The van der Waals surface area contributed by atoms with Gasteiger partial charge in [0.2, 0.25) is 0 Å². The Balaban J connectivity index is 1.97. The lowest BCUT2D eigenvalue weighted by Crippen LogP contribution is -2.33. The third kappa shape index (κ3) is 2.64. The van der Waals surface area contributed by atoms with Gasteiger partial charge in [0.05, 0.1) is 0 Å².